The summed E-state index contributed by atoms with van der Waals surface area (Å²) in [6, 6.07) is 6.23. The summed E-state index contributed by atoms with van der Waals surface area (Å²) in [5.41, 5.74) is 9.12. The van der Waals surface area contributed by atoms with Gasteiger partial charge in [-0.05, 0) is 56.5 Å². The molecule has 1 atom stereocenters. The van der Waals surface area contributed by atoms with Crippen LogP contribution < -0.4 is 16.0 Å². The van der Waals surface area contributed by atoms with Crippen LogP contribution in [0.2, 0.25) is 0 Å². The number of amides is 1. The quantitative estimate of drug-likeness (QED) is 0.764. The summed E-state index contributed by atoms with van der Waals surface area (Å²) in [7, 11) is 2.05. The molecule has 0 aliphatic heterocycles. The van der Waals surface area contributed by atoms with Gasteiger partial charge in [-0.15, -0.1) is 0 Å². The number of rotatable bonds is 8. The molecule has 0 spiro atoms. The molecule has 0 heterocycles. The van der Waals surface area contributed by atoms with Gasteiger partial charge >= 0.3 is 0 Å². The van der Waals surface area contributed by atoms with E-state index in [2.05, 4.69) is 49.2 Å². The molecule has 0 radical (unpaired) electrons. The predicted octanol–water partition coefficient (Wildman–Crippen LogP) is 1.98. The van der Waals surface area contributed by atoms with Crippen molar-refractivity contribution in [1.82, 2.24) is 5.32 Å². The zero-order valence-electron chi connectivity index (χ0n) is 13.1. The smallest absolute Gasteiger partial charge is 0.234 e. The van der Waals surface area contributed by atoms with Crippen molar-refractivity contribution in [3.63, 3.8) is 0 Å². The van der Waals surface area contributed by atoms with Crippen LogP contribution in [0.3, 0.4) is 0 Å². The SMILES string of the molecule is CCCNC(CCN(C)c1cc(C)cc(C)c1)C(N)=O. The number of benzene rings is 1. The molecule has 1 aromatic rings. The number of primary amides is 1. The first-order valence-electron chi connectivity index (χ1n) is 7.26. The zero-order valence-corrected chi connectivity index (χ0v) is 13.1. The van der Waals surface area contributed by atoms with Crippen LogP contribution in [0.15, 0.2) is 18.2 Å². The Labute approximate surface area is 122 Å². The summed E-state index contributed by atoms with van der Waals surface area (Å²) in [6.07, 6.45) is 1.72. The molecule has 20 heavy (non-hydrogen) atoms. The number of nitrogens with zero attached hydrogens (tertiary/aromatic N) is 1. The molecule has 112 valence electrons. The van der Waals surface area contributed by atoms with Crippen molar-refractivity contribution in [3.8, 4) is 0 Å². The van der Waals surface area contributed by atoms with Crippen LogP contribution in [0.5, 0.6) is 0 Å². The molecule has 1 amide bonds. The first kappa shape index (κ1) is 16.5. The molecule has 0 aliphatic rings. The second kappa shape index (κ2) is 7.90. The molecule has 3 N–H and O–H groups in total. The lowest BCUT2D eigenvalue weighted by atomic mass is 10.1. The third-order valence-corrected chi connectivity index (χ3v) is 3.38. The van der Waals surface area contributed by atoms with Crippen LogP contribution in [0.25, 0.3) is 0 Å². The lowest BCUT2D eigenvalue weighted by Crippen LogP contribution is -2.43. The van der Waals surface area contributed by atoms with Crippen molar-refractivity contribution in [2.75, 3.05) is 25.0 Å². The number of hydrogen-bond donors (Lipinski definition) is 2. The van der Waals surface area contributed by atoms with Gasteiger partial charge < -0.3 is 16.0 Å². The highest BCUT2D eigenvalue weighted by Gasteiger charge is 2.15. The second-order valence-corrected chi connectivity index (χ2v) is 5.47. The number of carbonyl (C=O) groups excluding carboxylic acids is 1. The molecule has 1 rings (SSSR count). The van der Waals surface area contributed by atoms with Crippen molar-refractivity contribution in [3.05, 3.63) is 29.3 Å². The van der Waals surface area contributed by atoms with E-state index in [9.17, 15) is 4.79 Å². The first-order chi connectivity index (χ1) is 9.43. The van der Waals surface area contributed by atoms with E-state index in [-0.39, 0.29) is 11.9 Å². The molecule has 0 saturated carbocycles. The lowest BCUT2D eigenvalue weighted by Gasteiger charge is -2.23. The van der Waals surface area contributed by atoms with Crippen LogP contribution in [0, 0.1) is 13.8 Å². The van der Waals surface area contributed by atoms with Gasteiger partial charge in [0.2, 0.25) is 5.91 Å². The van der Waals surface area contributed by atoms with E-state index in [1.807, 2.05) is 7.05 Å². The molecule has 4 nitrogen and oxygen atoms in total. The zero-order chi connectivity index (χ0) is 15.1. The Bertz CT molecular complexity index is 425. The average molecular weight is 277 g/mol. The summed E-state index contributed by atoms with van der Waals surface area (Å²) >= 11 is 0. The highest BCUT2D eigenvalue weighted by atomic mass is 16.1. The third kappa shape index (κ3) is 5.21. The summed E-state index contributed by atoms with van der Waals surface area (Å²) < 4.78 is 0. The van der Waals surface area contributed by atoms with Gasteiger partial charge in [0.1, 0.15) is 0 Å². The van der Waals surface area contributed by atoms with E-state index >= 15 is 0 Å². The van der Waals surface area contributed by atoms with Gasteiger partial charge in [0.25, 0.3) is 0 Å². The Balaban J connectivity index is 2.60. The highest BCUT2D eigenvalue weighted by Crippen LogP contribution is 2.17. The van der Waals surface area contributed by atoms with Crippen LogP contribution >= 0.6 is 0 Å². The Morgan fingerprint density at radius 1 is 1.30 bits per heavy atom. The number of anilines is 1. The lowest BCUT2D eigenvalue weighted by molar-refractivity contribution is -0.120. The summed E-state index contributed by atoms with van der Waals surface area (Å²) in [5.74, 6) is -0.271. The van der Waals surface area contributed by atoms with Gasteiger partial charge in [0.05, 0.1) is 6.04 Å². The molecule has 1 unspecified atom stereocenters. The Morgan fingerprint density at radius 3 is 2.40 bits per heavy atom. The van der Waals surface area contributed by atoms with Crippen molar-refractivity contribution in [2.24, 2.45) is 5.73 Å². The first-order valence-corrected chi connectivity index (χ1v) is 7.26. The van der Waals surface area contributed by atoms with Crippen molar-refractivity contribution in [1.29, 1.82) is 0 Å². The van der Waals surface area contributed by atoms with Gasteiger partial charge in [0, 0.05) is 19.3 Å². The molecular weight excluding hydrogens is 250 g/mol. The molecule has 0 aliphatic carbocycles. The van der Waals surface area contributed by atoms with E-state index in [4.69, 9.17) is 5.73 Å². The van der Waals surface area contributed by atoms with Gasteiger partial charge in [-0.2, -0.15) is 0 Å². The normalized spacial score (nSPS) is 12.2. The average Bonchev–Trinajstić information content (AvgIpc) is 2.36. The molecule has 0 fully saturated rings. The maximum atomic E-state index is 11.4. The van der Waals surface area contributed by atoms with Crippen molar-refractivity contribution >= 4 is 11.6 Å². The Hall–Kier alpha value is -1.55. The summed E-state index contributed by atoms with van der Waals surface area (Å²) in [5, 5.41) is 3.20. The van der Waals surface area contributed by atoms with Crippen LogP contribution in [-0.2, 0) is 4.79 Å². The fourth-order valence-electron chi connectivity index (χ4n) is 2.29. The Kier molecular flexibility index (Phi) is 6.52. The fraction of sp³-hybridized carbons (Fsp3) is 0.562. The number of carbonyl (C=O) groups is 1. The fourth-order valence-corrected chi connectivity index (χ4v) is 2.29. The minimum atomic E-state index is -0.271. The van der Waals surface area contributed by atoms with Gasteiger partial charge in [-0.3, -0.25) is 4.79 Å². The van der Waals surface area contributed by atoms with E-state index in [0.29, 0.717) is 0 Å². The summed E-state index contributed by atoms with van der Waals surface area (Å²) in [6.45, 7) is 7.89. The monoisotopic (exact) mass is 277 g/mol. The van der Waals surface area contributed by atoms with E-state index < -0.39 is 0 Å². The number of hydrogen-bond acceptors (Lipinski definition) is 3. The Morgan fingerprint density at radius 2 is 1.90 bits per heavy atom. The van der Waals surface area contributed by atoms with Gasteiger partial charge in [-0.1, -0.05) is 13.0 Å². The summed E-state index contributed by atoms with van der Waals surface area (Å²) in [4.78, 5) is 13.6. The second-order valence-electron chi connectivity index (χ2n) is 5.47. The van der Waals surface area contributed by atoms with Crippen LogP contribution in [-0.4, -0.2) is 32.1 Å². The largest absolute Gasteiger partial charge is 0.375 e. The maximum absolute atomic E-state index is 11.4. The minimum Gasteiger partial charge on any atom is -0.375 e. The number of nitrogens with two attached hydrogens (primary N) is 1. The van der Waals surface area contributed by atoms with E-state index in [0.717, 1.165) is 25.9 Å². The van der Waals surface area contributed by atoms with Crippen molar-refractivity contribution in [2.45, 2.75) is 39.7 Å². The molecule has 0 saturated heterocycles. The highest BCUT2D eigenvalue weighted by molar-refractivity contribution is 5.79. The molecule has 0 aromatic heterocycles. The predicted molar refractivity (Wildman–Crippen MR) is 85.1 cm³/mol. The third-order valence-electron chi connectivity index (χ3n) is 3.38. The van der Waals surface area contributed by atoms with E-state index in [1.54, 1.807) is 0 Å². The van der Waals surface area contributed by atoms with Crippen molar-refractivity contribution < 1.29 is 4.79 Å². The number of nitrogens with one attached hydrogen (secondary N) is 1. The van der Waals surface area contributed by atoms with Gasteiger partial charge in [0.15, 0.2) is 0 Å². The van der Waals surface area contributed by atoms with Crippen LogP contribution in [0.1, 0.15) is 30.9 Å². The van der Waals surface area contributed by atoms with E-state index in [1.165, 1.54) is 16.8 Å². The van der Waals surface area contributed by atoms with Gasteiger partial charge in [-0.25, -0.2) is 0 Å². The topological polar surface area (TPSA) is 58.4 Å². The molecular formula is C16H27N3O. The minimum absolute atomic E-state index is 0.247. The standard InChI is InChI=1S/C16H27N3O/c1-5-7-18-15(16(17)20)6-8-19(4)14-10-12(2)9-13(3)11-14/h9-11,15,18H,5-8H2,1-4H3,(H2,17,20). The number of aryl methyl sites for hydroxylation is 2. The molecule has 4 heteroatoms. The molecule has 0 bridgehead atoms. The maximum Gasteiger partial charge on any atom is 0.234 e. The molecule has 1 aromatic carbocycles. The van der Waals surface area contributed by atoms with Crippen LogP contribution in [0.4, 0.5) is 5.69 Å².